The lowest BCUT2D eigenvalue weighted by molar-refractivity contribution is -0.0404. The van der Waals surface area contributed by atoms with Gasteiger partial charge in [-0.15, -0.1) is 0 Å². The Morgan fingerprint density at radius 2 is 2.25 bits per heavy atom. The van der Waals surface area contributed by atoms with Crippen LogP contribution in [0, 0.1) is 0 Å². The summed E-state index contributed by atoms with van der Waals surface area (Å²) in [6.07, 6.45) is -0.280. The molecule has 2 atom stereocenters. The highest BCUT2D eigenvalue weighted by Crippen LogP contribution is 2.17. The number of carbonyl (C=O) groups is 1. The third kappa shape index (κ3) is 3.94. The van der Waals surface area contributed by atoms with Gasteiger partial charge in [0.05, 0.1) is 31.9 Å². The van der Waals surface area contributed by atoms with Gasteiger partial charge in [0, 0.05) is 11.0 Å². The number of amides is 2. The number of aliphatic hydroxyl groups is 1. The van der Waals surface area contributed by atoms with Gasteiger partial charge in [0.2, 0.25) is 0 Å². The normalized spacial score (nSPS) is 20.6. The fourth-order valence-corrected chi connectivity index (χ4v) is 2.39. The Balaban J connectivity index is 1.91. The van der Waals surface area contributed by atoms with Gasteiger partial charge >= 0.3 is 6.03 Å². The van der Waals surface area contributed by atoms with Crippen LogP contribution in [0.4, 0.5) is 4.79 Å². The first-order chi connectivity index (χ1) is 9.60. The number of aliphatic hydroxyl groups excluding tert-OH is 1. The number of hydrogen-bond donors (Lipinski definition) is 2. The van der Waals surface area contributed by atoms with Crippen LogP contribution >= 0.6 is 15.9 Å². The lowest BCUT2D eigenvalue weighted by atomic mass is 10.1. The molecule has 0 saturated carbocycles. The summed E-state index contributed by atoms with van der Waals surface area (Å²) in [6.45, 7) is 3.33. The van der Waals surface area contributed by atoms with Crippen LogP contribution in [-0.2, 0) is 4.74 Å². The second-order valence-electron chi connectivity index (χ2n) is 4.84. The van der Waals surface area contributed by atoms with Gasteiger partial charge < -0.3 is 20.1 Å². The van der Waals surface area contributed by atoms with E-state index in [1.54, 1.807) is 4.90 Å². The average molecular weight is 343 g/mol. The van der Waals surface area contributed by atoms with Crippen molar-refractivity contribution >= 4 is 22.0 Å². The Morgan fingerprint density at radius 1 is 1.55 bits per heavy atom. The summed E-state index contributed by atoms with van der Waals surface area (Å²) in [5.41, 5.74) is 1.05. The molecule has 1 aromatic rings. The molecule has 1 aliphatic rings. The van der Waals surface area contributed by atoms with E-state index in [4.69, 9.17) is 9.84 Å². The second-order valence-corrected chi connectivity index (χ2v) is 5.76. The maximum atomic E-state index is 12.2. The van der Waals surface area contributed by atoms with Crippen molar-refractivity contribution in [2.24, 2.45) is 0 Å². The van der Waals surface area contributed by atoms with E-state index in [1.807, 2.05) is 31.2 Å². The molecule has 0 aromatic heterocycles. The zero-order valence-corrected chi connectivity index (χ0v) is 13.0. The molecule has 0 aliphatic carbocycles. The van der Waals surface area contributed by atoms with Gasteiger partial charge in [-0.05, 0) is 24.6 Å². The predicted octanol–water partition coefficient (Wildman–Crippen LogP) is 1.91. The van der Waals surface area contributed by atoms with Gasteiger partial charge in [-0.25, -0.2) is 4.79 Å². The maximum absolute atomic E-state index is 12.2. The van der Waals surface area contributed by atoms with E-state index in [0.717, 1.165) is 10.0 Å². The number of urea groups is 1. The summed E-state index contributed by atoms with van der Waals surface area (Å²) in [6, 6.07) is 7.67. The van der Waals surface area contributed by atoms with Crippen molar-refractivity contribution in [3.8, 4) is 0 Å². The fourth-order valence-electron chi connectivity index (χ4n) is 2.13. The molecule has 1 saturated heterocycles. The Labute approximate surface area is 127 Å². The van der Waals surface area contributed by atoms with Crippen LogP contribution in [0.1, 0.15) is 18.5 Å². The molecule has 2 amide bonds. The first-order valence-electron chi connectivity index (χ1n) is 6.63. The number of nitrogens with zero attached hydrogens (tertiary/aromatic N) is 1. The molecular formula is C14H19BrN2O3. The van der Waals surface area contributed by atoms with Gasteiger partial charge in [-0.1, -0.05) is 28.1 Å². The third-order valence-electron chi connectivity index (χ3n) is 3.34. The fraction of sp³-hybridized carbons (Fsp3) is 0.500. The molecule has 110 valence electrons. The standard InChI is InChI=1S/C14H19BrN2O3/c1-10(11-2-4-12(15)5-3-11)16-14(19)17-6-7-20-13(8-17)9-18/h2-5,10,13,18H,6-9H2,1H3,(H,16,19). The van der Waals surface area contributed by atoms with E-state index in [-0.39, 0.29) is 24.8 Å². The Kier molecular flexibility index (Phi) is 5.39. The van der Waals surface area contributed by atoms with E-state index < -0.39 is 0 Å². The van der Waals surface area contributed by atoms with Gasteiger partial charge in [0.15, 0.2) is 0 Å². The Bertz CT molecular complexity index is 452. The number of rotatable bonds is 3. The number of ether oxygens (including phenoxy) is 1. The lowest BCUT2D eigenvalue weighted by Crippen LogP contribution is -2.50. The Morgan fingerprint density at radius 3 is 2.90 bits per heavy atom. The molecule has 1 aliphatic heterocycles. The summed E-state index contributed by atoms with van der Waals surface area (Å²) in [4.78, 5) is 13.9. The number of halogens is 1. The number of nitrogens with one attached hydrogen (secondary N) is 1. The zero-order valence-electron chi connectivity index (χ0n) is 11.4. The van der Waals surface area contributed by atoms with Crippen LogP contribution in [0.3, 0.4) is 0 Å². The number of carbonyl (C=O) groups excluding carboxylic acids is 1. The van der Waals surface area contributed by atoms with Crippen LogP contribution in [0.15, 0.2) is 28.7 Å². The molecule has 2 N–H and O–H groups in total. The average Bonchev–Trinajstić information content (AvgIpc) is 2.47. The number of morpholine rings is 1. The summed E-state index contributed by atoms with van der Waals surface area (Å²) in [7, 11) is 0. The van der Waals surface area contributed by atoms with Gasteiger partial charge in [-0.2, -0.15) is 0 Å². The minimum Gasteiger partial charge on any atom is -0.394 e. The van der Waals surface area contributed by atoms with Crippen LogP contribution in [0.5, 0.6) is 0 Å². The molecule has 6 heteroatoms. The molecule has 0 bridgehead atoms. The van der Waals surface area contributed by atoms with Crippen LogP contribution in [0.2, 0.25) is 0 Å². The second kappa shape index (κ2) is 7.06. The van der Waals surface area contributed by atoms with Crippen molar-refractivity contribution in [2.75, 3.05) is 26.3 Å². The SMILES string of the molecule is CC(NC(=O)N1CCOC(CO)C1)c1ccc(Br)cc1. The van der Waals surface area contributed by atoms with Gasteiger partial charge in [0.25, 0.3) is 0 Å². The van der Waals surface area contributed by atoms with Crippen LogP contribution < -0.4 is 5.32 Å². The van der Waals surface area contributed by atoms with Crippen LogP contribution in [-0.4, -0.2) is 48.4 Å². The van der Waals surface area contributed by atoms with E-state index >= 15 is 0 Å². The topological polar surface area (TPSA) is 61.8 Å². The zero-order chi connectivity index (χ0) is 14.5. The maximum Gasteiger partial charge on any atom is 0.318 e. The van der Waals surface area contributed by atoms with Crippen molar-refractivity contribution in [3.63, 3.8) is 0 Å². The largest absolute Gasteiger partial charge is 0.394 e. The van der Waals surface area contributed by atoms with E-state index in [2.05, 4.69) is 21.2 Å². The molecule has 2 unspecified atom stereocenters. The van der Waals surface area contributed by atoms with Crippen molar-refractivity contribution in [1.82, 2.24) is 10.2 Å². The first-order valence-corrected chi connectivity index (χ1v) is 7.43. The summed E-state index contributed by atoms with van der Waals surface area (Å²) in [5, 5.41) is 12.1. The molecule has 0 radical (unpaired) electrons. The first kappa shape index (κ1) is 15.3. The van der Waals surface area contributed by atoms with E-state index in [0.29, 0.717) is 19.7 Å². The highest BCUT2D eigenvalue weighted by molar-refractivity contribution is 9.10. The molecular weight excluding hydrogens is 324 g/mol. The molecule has 1 heterocycles. The predicted molar refractivity (Wildman–Crippen MR) is 79.5 cm³/mol. The van der Waals surface area contributed by atoms with E-state index in [9.17, 15) is 4.79 Å². The van der Waals surface area contributed by atoms with Crippen molar-refractivity contribution in [2.45, 2.75) is 19.1 Å². The summed E-state index contributed by atoms with van der Waals surface area (Å²) < 4.78 is 6.35. The van der Waals surface area contributed by atoms with Crippen molar-refractivity contribution in [3.05, 3.63) is 34.3 Å². The molecule has 20 heavy (non-hydrogen) atoms. The third-order valence-corrected chi connectivity index (χ3v) is 3.87. The van der Waals surface area contributed by atoms with Crippen LogP contribution in [0.25, 0.3) is 0 Å². The highest BCUT2D eigenvalue weighted by Gasteiger charge is 2.24. The van der Waals surface area contributed by atoms with E-state index in [1.165, 1.54) is 0 Å². The lowest BCUT2D eigenvalue weighted by Gasteiger charge is -2.33. The quantitative estimate of drug-likeness (QED) is 0.881. The minimum atomic E-state index is -0.280. The molecule has 1 aromatic carbocycles. The Hall–Kier alpha value is -1.11. The monoisotopic (exact) mass is 342 g/mol. The van der Waals surface area contributed by atoms with Crippen molar-refractivity contribution in [1.29, 1.82) is 0 Å². The van der Waals surface area contributed by atoms with Crippen molar-refractivity contribution < 1.29 is 14.6 Å². The summed E-state index contributed by atoms with van der Waals surface area (Å²) >= 11 is 3.39. The minimum absolute atomic E-state index is 0.0634. The number of hydrogen-bond acceptors (Lipinski definition) is 3. The molecule has 5 nitrogen and oxygen atoms in total. The summed E-state index contributed by atoms with van der Waals surface area (Å²) in [5.74, 6) is 0. The van der Waals surface area contributed by atoms with Gasteiger partial charge in [0.1, 0.15) is 0 Å². The molecule has 2 rings (SSSR count). The number of benzene rings is 1. The highest BCUT2D eigenvalue weighted by atomic mass is 79.9. The smallest absolute Gasteiger partial charge is 0.318 e. The molecule has 1 fully saturated rings. The van der Waals surface area contributed by atoms with Gasteiger partial charge in [-0.3, -0.25) is 0 Å². The molecule has 0 spiro atoms.